The second-order valence-electron chi connectivity index (χ2n) is 3.53. The van der Waals surface area contributed by atoms with Crippen LogP contribution in [0.4, 0.5) is 0 Å². The first-order chi connectivity index (χ1) is 6.95. The Hall–Kier alpha value is -0.780. The van der Waals surface area contributed by atoms with Gasteiger partial charge in [0.25, 0.3) is 0 Å². The molecule has 0 saturated carbocycles. The first kappa shape index (κ1) is 14.2. The second kappa shape index (κ2) is 7.50. The predicted molar refractivity (Wildman–Crippen MR) is 63.7 cm³/mol. The van der Waals surface area contributed by atoms with Gasteiger partial charge in [0.05, 0.1) is 5.75 Å². The fourth-order valence-corrected chi connectivity index (χ4v) is 1.63. The predicted octanol–water partition coefficient (Wildman–Crippen LogP) is 0.126. The normalized spacial score (nSPS) is 12.8. The number of nitrogens with two attached hydrogens (primary N) is 1. The summed E-state index contributed by atoms with van der Waals surface area (Å²) in [5.74, 6) is 0.565. The lowest BCUT2D eigenvalue weighted by Crippen LogP contribution is -2.32. The zero-order valence-electron chi connectivity index (χ0n) is 9.49. The van der Waals surface area contributed by atoms with Crippen LogP contribution in [0.5, 0.6) is 0 Å². The maximum atomic E-state index is 10.8. The molecule has 0 bridgehead atoms. The summed E-state index contributed by atoms with van der Waals surface area (Å²) < 4.78 is 21.6. The van der Waals surface area contributed by atoms with E-state index >= 15 is 0 Å². The third kappa shape index (κ3) is 11.1. The molecule has 0 amide bonds. The summed E-state index contributed by atoms with van der Waals surface area (Å²) in [4.78, 5) is 4.02. The molecule has 3 N–H and O–H groups in total. The van der Waals surface area contributed by atoms with Crippen molar-refractivity contribution in [1.29, 1.82) is 0 Å². The molecule has 0 radical (unpaired) electrons. The van der Waals surface area contributed by atoms with E-state index in [-0.39, 0.29) is 5.75 Å². The Morgan fingerprint density at radius 3 is 2.60 bits per heavy atom. The molecule has 0 unspecified atom stereocenters. The van der Waals surface area contributed by atoms with Gasteiger partial charge in [0, 0.05) is 19.3 Å². The highest BCUT2D eigenvalue weighted by Crippen LogP contribution is 1.89. The number of sulfone groups is 1. The van der Waals surface area contributed by atoms with Crippen molar-refractivity contribution in [3.05, 3.63) is 0 Å². The number of nitrogens with one attached hydrogen (secondary N) is 1. The molecule has 0 aliphatic heterocycles. The van der Waals surface area contributed by atoms with Crippen LogP contribution in [0, 0.1) is 0 Å². The molecule has 0 aliphatic carbocycles. The zero-order valence-corrected chi connectivity index (χ0v) is 10.3. The summed E-state index contributed by atoms with van der Waals surface area (Å²) in [7, 11) is -2.87. The molecular formula is C9H21N3O2S. The number of nitrogens with zero attached hydrogens (tertiary/aromatic N) is 1. The molecule has 90 valence electrons. The fraction of sp³-hybridized carbons (Fsp3) is 0.889. The summed E-state index contributed by atoms with van der Waals surface area (Å²) in [5.41, 5.74) is 5.55. The van der Waals surface area contributed by atoms with Crippen molar-refractivity contribution in [1.82, 2.24) is 5.32 Å². The van der Waals surface area contributed by atoms with Gasteiger partial charge in [0.1, 0.15) is 9.84 Å². The van der Waals surface area contributed by atoms with Crippen molar-refractivity contribution in [3.63, 3.8) is 0 Å². The number of hydrogen-bond donors (Lipinski definition) is 2. The van der Waals surface area contributed by atoms with E-state index < -0.39 is 9.84 Å². The van der Waals surface area contributed by atoms with Crippen LogP contribution in [0.15, 0.2) is 4.99 Å². The number of rotatable bonds is 7. The molecule has 15 heavy (non-hydrogen) atoms. The molecule has 0 aliphatic rings. The van der Waals surface area contributed by atoms with Gasteiger partial charge in [0.15, 0.2) is 5.96 Å². The Kier molecular flexibility index (Phi) is 7.11. The molecule has 0 spiro atoms. The van der Waals surface area contributed by atoms with E-state index in [0.29, 0.717) is 18.9 Å². The molecular weight excluding hydrogens is 214 g/mol. The smallest absolute Gasteiger partial charge is 0.188 e. The maximum absolute atomic E-state index is 10.8. The van der Waals surface area contributed by atoms with E-state index in [1.807, 2.05) is 0 Å². The van der Waals surface area contributed by atoms with E-state index in [4.69, 9.17) is 5.73 Å². The Balaban J connectivity index is 3.58. The lowest BCUT2D eigenvalue weighted by atomic mass is 10.3. The van der Waals surface area contributed by atoms with Crippen LogP contribution in [-0.2, 0) is 9.84 Å². The minimum Gasteiger partial charge on any atom is -0.370 e. The van der Waals surface area contributed by atoms with Gasteiger partial charge in [-0.1, -0.05) is 13.3 Å². The summed E-state index contributed by atoms with van der Waals surface area (Å²) >= 11 is 0. The van der Waals surface area contributed by atoms with Gasteiger partial charge in [-0.3, -0.25) is 4.99 Å². The summed E-state index contributed by atoms with van der Waals surface area (Å²) in [6.45, 7) is 3.37. The van der Waals surface area contributed by atoms with Gasteiger partial charge in [-0.15, -0.1) is 0 Å². The van der Waals surface area contributed by atoms with Crippen molar-refractivity contribution < 1.29 is 8.42 Å². The van der Waals surface area contributed by atoms with Gasteiger partial charge in [-0.25, -0.2) is 8.42 Å². The van der Waals surface area contributed by atoms with Crippen LogP contribution >= 0.6 is 0 Å². The van der Waals surface area contributed by atoms with Gasteiger partial charge in [0.2, 0.25) is 0 Å². The Morgan fingerprint density at radius 1 is 1.40 bits per heavy atom. The molecule has 6 heteroatoms. The van der Waals surface area contributed by atoms with Crippen LogP contribution in [0.1, 0.15) is 26.2 Å². The Labute approximate surface area is 92.1 Å². The lowest BCUT2D eigenvalue weighted by Gasteiger charge is -2.03. The number of hydrogen-bond acceptors (Lipinski definition) is 3. The topological polar surface area (TPSA) is 84.5 Å². The van der Waals surface area contributed by atoms with Crippen LogP contribution in [0.3, 0.4) is 0 Å². The second-order valence-corrected chi connectivity index (χ2v) is 5.79. The third-order valence-corrected chi connectivity index (χ3v) is 2.82. The minimum atomic E-state index is -2.87. The molecule has 0 rings (SSSR count). The average molecular weight is 235 g/mol. The Morgan fingerprint density at radius 2 is 2.07 bits per heavy atom. The third-order valence-electron chi connectivity index (χ3n) is 1.79. The average Bonchev–Trinajstić information content (AvgIpc) is 2.11. The summed E-state index contributed by atoms with van der Waals surface area (Å²) in [5, 5.41) is 2.96. The largest absolute Gasteiger partial charge is 0.370 e. The highest BCUT2D eigenvalue weighted by atomic mass is 32.2. The van der Waals surface area contributed by atoms with Crippen molar-refractivity contribution >= 4 is 15.8 Å². The van der Waals surface area contributed by atoms with Crippen molar-refractivity contribution in [2.24, 2.45) is 10.7 Å². The quantitative estimate of drug-likeness (QED) is 0.373. The van der Waals surface area contributed by atoms with Crippen LogP contribution in [-0.4, -0.2) is 39.5 Å². The number of aliphatic imine (C=N–C) groups is 1. The summed E-state index contributed by atoms with van der Waals surface area (Å²) in [6, 6.07) is 0. The fourth-order valence-electron chi connectivity index (χ4n) is 0.975. The molecule has 0 aromatic heterocycles. The van der Waals surface area contributed by atoms with Gasteiger partial charge < -0.3 is 11.1 Å². The van der Waals surface area contributed by atoms with Crippen LogP contribution in [0.25, 0.3) is 0 Å². The molecule has 0 fully saturated rings. The van der Waals surface area contributed by atoms with Crippen LogP contribution < -0.4 is 11.1 Å². The molecule has 0 saturated heterocycles. The number of unbranched alkanes of at least 4 members (excludes halogenated alkanes) is 1. The zero-order chi connectivity index (χ0) is 11.7. The highest BCUT2D eigenvalue weighted by molar-refractivity contribution is 7.90. The first-order valence-electron chi connectivity index (χ1n) is 5.17. The maximum Gasteiger partial charge on any atom is 0.188 e. The van der Waals surface area contributed by atoms with Crippen molar-refractivity contribution in [2.45, 2.75) is 26.2 Å². The SMILES string of the molecule is CCCCNC(N)=NCCCS(C)(=O)=O. The van der Waals surface area contributed by atoms with Crippen LogP contribution in [0.2, 0.25) is 0 Å². The van der Waals surface area contributed by atoms with Gasteiger partial charge in [-0.05, 0) is 12.8 Å². The molecule has 0 heterocycles. The molecule has 0 aromatic rings. The Bertz CT molecular complexity index is 286. The molecule has 0 atom stereocenters. The monoisotopic (exact) mass is 235 g/mol. The number of guanidine groups is 1. The van der Waals surface area contributed by atoms with E-state index in [0.717, 1.165) is 19.4 Å². The van der Waals surface area contributed by atoms with E-state index in [1.165, 1.54) is 6.26 Å². The highest BCUT2D eigenvalue weighted by Gasteiger charge is 2.00. The van der Waals surface area contributed by atoms with Gasteiger partial charge >= 0.3 is 0 Å². The molecule has 5 nitrogen and oxygen atoms in total. The van der Waals surface area contributed by atoms with Gasteiger partial charge in [-0.2, -0.15) is 0 Å². The van der Waals surface area contributed by atoms with E-state index in [1.54, 1.807) is 0 Å². The van der Waals surface area contributed by atoms with Crippen molar-refractivity contribution in [2.75, 3.05) is 25.1 Å². The standard InChI is InChI=1S/C9H21N3O2S/c1-3-4-6-11-9(10)12-7-5-8-15(2,13)14/h3-8H2,1-2H3,(H3,10,11,12). The minimum absolute atomic E-state index is 0.165. The van der Waals surface area contributed by atoms with Crippen molar-refractivity contribution in [3.8, 4) is 0 Å². The lowest BCUT2D eigenvalue weighted by molar-refractivity contribution is 0.599. The summed E-state index contributed by atoms with van der Waals surface area (Å²) in [6.07, 6.45) is 3.91. The van der Waals surface area contributed by atoms with E-state index in [2.05, 4.69) is 17.2 Å². The van der Waals surface area contributed by atoms with E-state index in [9.17, 15) is 8.42 Å². The molecule has 0 aromatic carbocycles. The first-order valence-corrected chi connectivity index (χ1v) is 7.23.